The molecule has 20 heavy (non-hydrogen) atoms. The summed E-state index contributed by atoms with van der Waals surface area (Å²) in [5.41, 5.74) is 1.14. The topological polar surface area (TPSA) is 63.5 Å². The molecular formula is C14H17ClN2O3. The molecule has 0 aliphatic heterocycles. The number of halogens is 1. The van der Waals surface area contributed by atoms with E-state index in [0.717, 1.165) is 12.8 Å². The zero-order valence-corrected chi connectivity index (χ0v) is 12.3. The number of non-ortho nitro benzene ring substituents is 1. The maximum absolute atomic E-state index is 12.3. The first-order chi connectivity index (χ1) is 9.38. The van der Waals surface area contributed by atoms with Crippen LogP contribution >= 0.6 is 11.6 Å². The van der Waals surface area contributed by atoms with Gasteiger partial charge in [0.15, 0.2) is 0 Å². The molecule has 0 atom stereocenters. The van der Waals surface area contributed by atoms with Crippen molar-refractivity contribution >= 4 is 23.2 Å². The van der Waals surface area contributed by atoms with Gasteiger partial charge in [-0.15, -0.1) is 11.6 Å². The summed E-state index contributed by atoms with van der Waals surface area (Å²) in [5, 5.41) is 10.9. The molecule has 0 N–H and O–H groups in total. The molecule has 1 aromatic rings. The molecule has 1 amide bonds. The van der Waals surface area contributed by atoms with Gasteiger partial charge in [0, 0.05) is 36.7 Å². The maximum Gasteiger partial charge on any atom is 0.269 e. The average molecular weight is 297 g/mol. The highest BCUT2D eigenvalue weighted by Crippen LogP contribution is 2.32. The van der Waals surface area contributed by atoms with Gasteiger partial charge in [-0.25, -0.2) is 0 Å². The highest BCUT2D eigenvalue weighted by Gasteiger charge is 2.29. The van der Waals surface area contributed by atoms with Crippen LogP contribution in [0.1, 0.15) is 28.8 Å². The van der Waals surface area contributed by atoms with Crippen LogP contribution in [0.25, 0.3) is 0 Å². The van der Waals surface area contributed by atoms with Gasteiger partial charge in [0.2, 0.25) is 0 Å². The Labute approximate surface area is 122 Å². The summed E-state index contributed by atoms with van der Waals surface area (Å²) in [6.07, 6.45) is 1.89. The quantitative estimate of drug-likeness (QED) is 0.487. The maximum atomic E-state index is 12.3. The first kappa shape index (κ1) is 14.8. The molecule has 1 aromatic carbocycles. The zero-order chi connectivity index (χ0) is 14.9. The molecule has 1 aliphatic rings. The van der Waals surface area contributed by atoms with Crippen LogP contribution in [-0.4, -0.2) is 34.7 Å². The van der Waals surface area contributed by atoms with E-state index in [9.17, 15) is 14.9 Å². The third kappa shape index (κ3) is 3.10. The number of hydrogen-bond donors (Lipinski definition) is 0. The predicted octanol–water partition coefficient (Wildman–Crippen LogP) is 2.99. The minimum atomic E-state index is -0.458. The summed E-state index contributed by atoms with van der Waals surface area (Å²) in [6, 6.07) is 4.32. The van der Waals surface area contributed by atoms with E-state index in [1.807, 2.05) is 0 Å². The Balaban J connectivity index is 2.06. The lowest BCUT2D eigenvalue weighted by Gasteiger charge is -2.34. The van der Waals surface area contributed by atoms with Crippen LogP contribution in [0.4, 0.5) is 5.69 Å². The molecule has 2 rings (SSSR count). The minimum Gasteiger partial charge on any atom is -0.341 e. The van der Waals surface area contributed by atoms with Crippen molar-refractivity contribution in [2.24, 2.45) is 5.92 Å². The fourth-order valence-corrected chi connectivity index (χ4v) is 2.98. The summed E-state index contributed by atoms with van der Waals surface area (Å²) in [5.74, 6) is 0.361. The Kier molecular flexibility index (Phi) is 4.28. The van der Waals surface area contributed by atoms with Crippen LogP contribution in [0.15, 0.2) is 18.2 Å². The molecule has 0 saturated heterocycles. The number of amides is 1. The molecule has 1 saturated carbocycles. The van der Waals surface area contributed by atoms with Gasteiger partial charge >= 0.3 is 0 Å². The SMILES string of the molecule is Cc1cc([N+](=O)[O-])ccc1C(=O)N(C)CC1CC(Cl)C1. The van der Waals surface area contributed by atoms with Gasteiger partial charge in [-0.2, -0.15) is 0 Å². The van der Waals surface area contributed by atoms with Crippen LogP contribution < -0.4 is 0 Å². The van der Waals surface area contributed by atoms with Crippen molar-refractivity contribution in [3.63, 3.8) is 0 Å². The van der Waals surface area contributed by atoms with Crippen LogP contribution in [0, 0.1) is 23.0 Å². The van der Waals surface area contributed by atoms with Crippen molar-refractivity contribution in [3.8, 4) is 0 Å². The fourth-order valence-electron chi connectivity index (χ4n) is 2.48. The normalized spacial score (nSPS) is 21.1. The predicted molar refractivity (Wildman–Crippen MR) is 77.2 cm³/mol. The molecule has 1 aliphatic carbocycles. The molecule has 0 unspecified atom stereocenters. The Bertz CT molecular complexity index is 541. The Morgan fingerprint density at radius 1 is 1.50 bits per heavy atom. The molecule has 0 bridgehead atoms. The Morgan fingerprint density at radius 2 is 2.15 bits per heavy atom. The highest BCUT2D eigenvalue weighted by atomic mass is 35.5. The second-order valence-electron chi connectivity index (χ2n) is 5.38. The van der Waals surface area contributed by atoms with Crippen LogP contribution in [-0.2, 0) is 0 Å². The van der Waals surface area contributed by atoms with E-state index in [2.05, 4.69) is 0 Å². The summed E-state index contributed by atoms with van der Waals surface area (Å²) in [4.78, 5) is 24.2. The number of aryl methyl sites for hydroxylation is 1. The number of nitrogens with zero attached hydrogens (tertiary/aromatic N) is 2. The van der Waals surface area contributed by atoms with Gasteiger partial charge in [0.25, 0.3) is 11.6 Å². The molecule has 0 aromatic heterocycles. The van der Waals surface area contributed by atoms with Crippen molar-refractivity contribution in [2.45, 2.75) is 25.1 Å². The number of alkyl halides is 1. The van der Waals surface area contributed by atoms with Gasteiger partial charge in [0.1, 0.15) is 0 Å². The first-order valence-electron chi connectivity index (χ1n) is 6.53. The van der Waals surface area contributed by atoms with Crippen molar-refractivity contribution in [2.75, 3.05) is 13.6 Å². The molecule has 1 fully saturated rings. The van der Waals surface area contributed by atoms with E-state index in [4.69, 9.17) is 11.6 Å². The minimum absolute atomic E-state index is 0.00526. The van der Waals surface area contributed by atoms with Crippen molar-refractivity contribution in [1.82, 2.24) is 4.90 Å². The summed E-state index contributed by atoms with van der Waals surface area (Å²) in [6.45, 7) is 2.39. The Hall–Kier alpha value is -1.62. The number of nitro benzene ring substituents is 1. The number of rotatable bonds is 4. The molecule has 6 heteroatoms. The molecule has 0 heterocycles. The van der Waals surface area contributed by atoms with E-state index in [1.165, 1.54) is 18.2 Å². The summed E-state index contributed by atoms with van der Waals surface area (Å²) in [7, 11) is 1.75. The van der Waals surface area contributed by atoms with Gasteiger partial charge in [-0.3, -0.25) is 14.9 Å². The van der Waals surface area contributed by atoms with Gasteiger partial charge in [-0.1, -0.05) is 0 Å². The number of nitro groups is 1. The molecule has 5 nitrogen and oxygen atoms in total. The van der Waals surface area contributed by atoms with Gasteiger partial charge < -0.3 is 4.90 Å². The lowest BCUT2D eigenvalue weighted by atomic mass is 9.84. The van der Waals surface area contributed by atoms with E-state index < -0.39 is 4.92 Å². The van der Waals surface area contributed by atoms with Gasteiger partial charge in [-0.05, 0) is 37.3 Å². The number of hydrogen-bond acceptors (Lipinski definition) is 3. The van der Waals surface area contributed by atoms with Crippen LogP contribution in [0.2, 0.25) is 0 Å². The molecule has 0 radical (unpaired) electrons. The molecule has 0 spiro atoms. The van der Waals surface area contributed by atoms with E-state index in [-0.39, 0.29) is 17.0 Å². The lowest BCUT2D eigenvalue weighted by Crippen LogP contribution is -2.38. The number of carbonyl (C=O) groups is 1. The smallest absolute Gasteiger partial charge is 0.269 e. The van der Waals surface area contributed by atoms with Crippen molar-refractivity contribution in [3.05, 3.63) is 39.4 Å². The monoisotopic (exact) mass is 296 g/mol. The lowest BCUT2D eigenvalue weighted by molar-refractivity contribution is -0.384. The number of benzene rings is 1. The third-order valence-corrected chi connectivity index (χ3v) is 4.06. The molecular weight excluding hydrogens is 280 g/mol. The highest BCUT2D eigenvalue weighted by molar-refractivity contribution is 6.21. The first-order valence-corrected chi connectivity index (χ1v) is 6.96. The zero-order valence-electron chi connectivity index (χ0n) is 11.5. The summed E-state index contributed by atoms with van der Waals surface area (Å²) < 4.78 is 0. The average Bonchev–Trinajstić information content (AvgIpc) is 2.35. The Morgan fingerprint density at radius 3 is 2.65 bits per heavy atom. The fraction of sp³-hybridized carbons (Fsp3) is 0.500. The number of carbonyl (C=O) groups excluding carboxylic acids is 1. The van der Waals surface area contributed by atoms with Crippen LogP contribution in [0.3, 0.4) is 0 Å². The van der Waals surface area contributed by atoms with E-state index >= 15 is 0 Å². The third-order valence-electron chi connectivity index (χ3n) is 3.71. The molecule has 108 valence electrons. The standard InChI is InChI=1S/C14H17ClN2O3/c1-9-5-12(17(19)20)3-4-13(9)14(18)16(2)8-10-6-11(15)7-10/h3-5,10-11H,6-8H2,1-2H3. The second kappa shape index (κ2) is 5.79. The van der Waals surface area contributed by atoms with Crippen molar-refractivity contribution < 1.29 is 9.72 Å². The van der Waals surface area contributed by atoms with E-state index in [0.29, 0.717) is 23.6 Å². The van der Waals surface area contributed by atoms with E-state index in [1.54, 1.807) is 18.9 Å². The van der Waals surface area contributed by atoms with Gasteiger partial charge in [0.05, 0.1) is 4.92 Å². The largest absolute Gasteiger partial charge is 0.341 e. The van der Waals surface area contributed by atoms with Crippen LogP contribution in [0.5, 0.6) is 0 Å². The van der Waals surface area contributed by atoms with Crippen molar-refractivity contribution in [1.29, 1.82) is 0 Å². The second-order valence-corrected chi connectivity index (χ2v) is 5.99. The summed E-state index contributed by atoms with van der Waals surface area (Å²) >= 11 is 5.93.